The number of fused-ring (bicyclic) bond motifs is 1. The van der Waals surface area contributed by atoms with Crippen molar-refractivity contribution in [3.63, 3.8) is 0 Å². The summed E-state index contributed by atoms with van der Waals surface area (Å²) in [5.74, 6) is 2.53. The molecule has 0 bridgehead atoms. The number of anilines is 2. The second-order valence-corrected chi connectivity index (χ2v) is 8.59. The summed E-state index contributed by atoms with van der Waals surface area (Å²) in [6.07, 6.45) is 0. The number of nitrogens with one attached hydrogen (secondary N) is 1. The highest BCUT2D eigenvalue weighted by atomic mass is 35.5. The Kier molecular flexibility index (Phi) is 5.83. The van der Waals surface area contributed by atoms with E-state index in [1.54, 1.807) is 7.11 Å². The molecule has 1 fully saturated rings. The van der Waals surface area contributed by atoms with Gasteiger partial charge < -0.3 is 15.0 Å². The normalized spacial score (nSPS) is 14.1. The van der Waals surface area contributed by atoms with Gasteiger partial charge in [-0.15, -0.1) is 0 Å². The van der Waals surface area contributed by atoms with Gasteiger partial charge in [-0.25, -0.2) is 4.98 Å². The molecule has 1 N–H and O–H groups in total. The number of nitrogens with zero attached hydrogens (tertiary/aromatic N) is 2. The van der Waals surface area contributed by atoms with E-state index in [-0.39, 0.29) is 5.91 Å². The van der Waals surface area contributed by atoms with Crippen molar-refractivity contribution in [2.24, 2.45) is 0 Å². The lowest BCUT2D eigenvalue weighted by Crippen LogP contribution is -2.38. The van der Waals surface area contributed by atoms with Crippen LogP contribution in [0.4, 0.5) is 11.4 Å². The van der Waals surface area contributed by atoms with E-state index in [9.17, 15) is 4.79 Å². The molecule has 7 heteroatoms. The molecule has 1 aromatic heterocycles. The Morgan fingerprint density at radius 2 is 1.97 bits per heavy atom. The highest BCUT2D eigenvalue weighted by Crippen LogP contribution is 2.32. The molecule has 0 spiro atoms. The molecule has 0 unspecified atom stereocenters. The van der Waals surface area contributed by atoms with Gasteiger partial charge in [0.05, 0.1) is 23.3 Å². The van der Waals surface area contributed by atoms with E-state index in [1.807, 2.05) is 60.0 Å². The van der Waals surface area contributed by atoms with E-state index < -0.39 is 0 Å². The van der Waals surface area contributed by atoms with Gasteiger partial charge in [0.15, 0.2) is 0 Å². The number of halogens is 1. The van der Waals surface area contributed by atoms with Gasteiger partial charge in [-0.2, -0.15) is 11.8 Å². The summed E-state index contributed by atoms with van der Waals surface area (Å²) in [5, 5.41) is 4.89. The Morgan fingerprint density at radius 3 is 2.69 bits per heavy atom. The van der Waals surface area contributed by atoms with Crippen LogP contribution in [-0.2, 0) is 0 Å². The zero-order valence-electron chi connectivity index (χ0n) is 16.4. The molecule has 4 rings (SSSR count). The average Bonchev–Trinajstić information content (AvgIpc) is 2.74. The van der Waals surface area contributed by atoms with Crippen LogP contribution in [0.3, 0.4) is 0 Å². The molecule has 29 heavy (non-hydrogen) atoms. The third kappa shape index (κ3) is 4.28. The van der Waals surface area contributed by atoms with E-state index in [1.165, 1.54) is 0 Å². The predicted molar refractivity (Wildman–Crippen MR) is 121 cm³/mol. The Bertz CT molecular complexity index is 1070. The average molecular weight is 428 g/mol. The molecule has 0 aliphatic carbocycles. The summed E-state index contributed by atoms with van der Waals surface area (Å²) in [5.41, 5.74) is 4.01. The van der Waals surface area contributed by atoms with Crippen LogP contribution in [0.2, 0.25) is 5.02 Å². The third-order valence-corrected chi connectivity index (χ3v) is 6.15. The summed E-state index contributed by atoms with van der Waals surface area (Å²) in [7, 11) is 1.59. The van der Waals surface area contributed by atoms with Crippen molar-refractivity contribution in [2.45, 2.75) is 6.92 Å². The van der Waals surface area contributed by atoms with E-state index in [0.717, 1.165) is 52.4 Å². The molecule has 3 aromatic rings. The number of rotatable bonds is 4. The van der Waals surface area contributed by atoms with Crippen LogP contribution in [0.1, 0.15) is 16.1 Å². The zero-order valence-corrected chi connectivity index (χ0v) is 17.9. The van der Waals surface area contributed by atoms with Gasteiger partial charge in [0, 0.05) is 35.7 Å². The van der Waals surface area contributed by atoms with E-state index >= 15 is 0 Å². The van der Waals surface area contributed by atoms with Crippen molar-refractivity contribution < 1.29 is 9.53 Å². The Balaban J connectivity index is 1.75. The van der Waals surface area contributed by atoms with Crippen LogP contribution in [-0.4, -0.2) is 47.5 Å². The van der Waals surface area contributed by atoms with Crippen LogP contribution >= 0.6 is 23.4 Å². The van der Waals surface area contributed by atoms with Gasteiger partial charge >= 0.3 is 0 Å². The number of aryl methyl sites for hydroxylation is 1. The van der Waals surface area contributed by atoms with Crippen molar-refractivity contribution in [3.8, 4) is 5.75 Å². The summed E-state index contributed by atoms with van der Waals surface area (Å²) in [6.45, 7) is 3.56. The smallest absolute Gasteiger partial charge is 0.272 e. The standard InChI is InChI=1S/C22H22ClN3O2S/c1-14-3-5-18-16(11-14)19(24-15-4-6-21(28-2)17(23)12-15)13-20(25-18)22(27)26-7-9-29-10-8-26/h3-6,11-13H,7-10H2,1-2H3,(H,24,25). The van der Waals surface area contributed by atoms with Crippen molar-refractivity contribution >= 4 is 51.5 Å². The van der Waals surface area contributed by atoms with Gasteiger partial charge in [0.2, 0.25) is 0 Å². The summed E-state index contributed by atoms with van der Waals surface area (Å²) in [6, 6.07) is 13.4. The molecule has 2 heterocycles. The van der Waals surface area contributed by atoms with Crippen molar-refractivity contribution in [1.82, 2.24) is 9.88 Å². The maximum Gasteiger partial charge on any atom is 0.272 e. The molecule has 1 aliphatic heterocycles. The summed E-state index contributed by atoms with van der Waals surface area (Å²) in [4.78, 5) is 19.6. The molecular formula is C22H22ClN3O2S. The predicted octanol–water partition coefficient (Wildman–Crippen LogP) is 5.14. The van der Waals surface area contributed by atoms with E-state index in [2.05, 4.69) is 16.4 Å². The fourth-order valence-corrected chi connectivity index (χ4v) is 4.54. The number of aromatic nitrogens is 1. The van der Waals surface area contributed by atoms with E-state index in [4.69, 9.17) is 16.3 Å². The largest absolute Gasteiger partial charge is 0.495 e. The highest BCUT2D eigenvalue weighted by Gasteiger charge is 2.21. The number of pyridine rings is 1. The lowest BCUT2D eigenvalue weighted by Gasteiger charge is -2.26. The third-order valence-electron chi connectivity index (χ3n) is 4.91. The SMILES string of the molecule is COc1ccc(Nc2cc(C(=O)N3CCSCC3)nc3ccc(C)cc23)cc1Cl. The molecule has 150 valence electrons. The topological polar surface area (TPSA) is 54.5 Å². The van der Waals surface area contributed by atoms with Crippen LogP contribution in [0.15, 0.2) is 42.5 Å². The fourth-order valence-electron chi connectivity index (χ4n) is 3.38. The zero-order chi connectivity index (χ0) is 20.4. The van der Waals surface area contributed by atoms with Gasteiger partial charge in [-0.05, 0) is 43.3 Å². The van der Waals surface area contributed by atoms with Gasteiger partial charge in [-0.1, -0.05) is 23.2 Å². The van der Waals surface area contributed by atoms with Gasteiger partial charge in [0.1, 0.15) is 11.4 Å². The number of thioether (sulfide) groups is 1. The molecule has 1 amide bonds. The first kappa shape index (κ1) is 19.9. The monoisotopic (exact) mass is 427 g/mol. The number of hydrogen-bond acceptors (Lipinski definition) is 5. The minimum atomic E-state index is -0.0245. The number of carbonyl (C=O) groups is 1. The Labute approximate surface area is 179 Å². The van der Waals surface area contributed by atoms with Crippen LogP contribution in [0.25, 0.3) is 10.9 Å². The lowest BCUT2D eigenvalue weighted by atomic mass is 10.1. The van der Waals surface area contributed by atoms with Crippen LogP contribution in [0, 0.1) is 6.92 Å². The minimum absolute atomic E-state index is 0.0245. The lowest BCUT2D eigenvalue weighted by molar-refractivity contribution is 0.0767. The van der Waals surface area contributed by atoms with Gasteiger partial charge in [0.25, 0.3) is 5.91 Å². The number of hydrogen-bond donors (Lipinski definition) is 1. The first-order chi connectivity index (χ1) is 14.0. The first-order valence-corrected chi connectivity index (χ1v) is 11.0. The first-order valence-electron chi connectivity index (χ1n) is 9.44. The molecule has 0 radical (unpaired) electrons. The van der Waals surface area contributed by atoms with Crippen molar-refractivity contribution in [1.29, 1.82) is 0 Å². The highest BCUT2D eigenvalue weighted by molar-refractivity contribution is 7.99. The van der Waals surface area contributed by atoms with Crippen molar-refractivity contribution in [3.05, 3.63) is 58.7 Å². The molecule has 1 aliphatic rings. The summed E-state index contributed by atoms with van der Waals surface area (Å²) < 4.78 is 5.23. The quantitative estimate of drug-likeness (QED) is 0.624. The molecule has 0 atom stereocenters. The van der Waals surface area contributed by atoms with E-state index in [0.29, 0.717) is 16.5 Å². The second-order valence-electron chi connectivity index (χ2n) is 6.95. The molecule has 2 aromatic carbocycles. The maximum absolute atomic E-state index is 13.0. The number of amides is 1. The number of benzene rings is 2. The van der Waals surface area contributed by atoms with Crippen molar-refractivity contribution in [2.75, 3.05) is 37.0 Å². The molecule has 0 saturated carbocycles. The van der Waals surface area contributed by atoms with Gasteiger partial charge in [-0.3, -0.25) is 4.79 Å². The Hall–Kier alpha value is -2.44. The summed E-state index contributed by atoms with van der Waals surface area (Å²) >= 11 is 8.16. The second kappa shape index (κ2) is 8.51. The molecular weight excluding hydrogens is 406 g/mol. The fraction of sp³-hybridized carbons (Fsp3) is 0.273. The molecule has 5 nitrogen and oxygen atoms in total. The van der Waals surface area contributed by atoms with Crippen LogP contribution < -0.4 is 10.1 Å². The minimum Gasteiger partial charge on any atom is -0.495 e. The maximum atomic E-state index is 13.0. The molecule has 1 saturated heterocycles. The number of methoxy groups -OCH3 is 1. The number of carbonyl (C=O) groups excluding carboxylic acids is 1. The van der Waals surface area contributed by atoms with Crippen LogP contribution in [0.5, 0.6) is 5.75 Å². The Morgan fingerprint density at radius 1 is 1.17 bits per heavy atom. The number of ether oxygens (including phenoxy) is 1.